The fourth-order valence-corrected chi connectivity index (χ4v) is 3.49. The maximum absolute atomic E-state index is 13.8. The normalized spacial score (nSPS) is 13.8. The summed E-state index contributed by atoms with van der Waals surface area (Å²) in [5, 5.41) is 5.89. The van der Waals surface area contributed by atoms with E-state index in [9.17, 15) is 4.39 Å². The molecule has 0 atom stereocenters. The van der Waals surface area contributed by atoms with Gasteiger partial charge in [0, 0.05) is 23.9 Å². The maximum atomic E-state index is 13.8. The predicted octanol–water partition coefficient (Wildman–Crippen LogP) is 2.66. The van der Waals surface area contributed by atoms with Gasteiger partial charge in [-0.05, 0) is 12.1 Å². The first-order valence-corrected chi connectivity index (χ1v) is 7.98. The quantitative estimate of drug-likeness (QED) is 0.543. The fraction of sp³-hybridized carbons (Fsp3) is 0.267. The van der Waals surface area contributed by atoms with E-state index < -0.39 is 0 Å². The first kappa shape index (κ1) is 14.4. The maximum Gasteiger partial charge on any atom is 0.189 e. The Labute approximate surface area is 135 Å². The number of benzene rings is 1. The molecule has 0 bridgehead atoms. The van der Waals surface area contributed by atoms with E-state index in [2.05, 4.69) is 15.1 Å². The molecule has 3 heterocycles. The van der Waals surface area contributed by atoms with Crippen molar-refractivity contribution < 1.29 is 13.9 Å². The molecule has 0 unspecified atom stereocenters. The molecule has 4 rings (SSSR count). The van der Waals surface area contributed by atoms with Crippen LogP contribution in [0.5, 0.6) is 5.75 Å². The highest BCUT2D eigenvalue weighted by atomic mass is 32.2. The molecule has 23 heavy (non-hydrogen) atoms. The van der Waals surface area contributed by atoms with E-state index in [0.29, 0.717) is 18.1 Å². The molecule has 6 nitrogen and oxygen atoms in total. The zero-order chi connectivity index (χ0) is 15.8. The molecule has 0 N–H and O–H groups in total. The summed E-state index contributed by atoms with van der Waals surface area (Å²) in [6.45, 7) is 0.557. The number of hydrogen-bond acceptors (Lipinski definition) is 6. The molecule has 118 valence electrons. The van der Waals surface area contributed by atoms with Crippen molar-refractivity contribution in [2.45, 2.75) is 17.4 Å². The van der Waals surface area contributed by atoms with Crippen molar-refractivity contribution in [3.63, 3.8) is 0 Å². The number of nitrogens with zero attached hydrogens (tertiary/aromatic N) is 4. The Balaban J connectivity index is 1.65. The van der Waals surface area contributed by atoms with Crippen LogP contribution in [-0.4, -0.2) is 26.5 Å². The summed E-state index contributed by atoms with van der Waals surface area (Å²) in [5.41, 5.74) is 2.30. The number of fused-ring (bicyclic) bond motifs is 2. The molecular formula is C15H13FN4O2S. The van der Waals surface area contributed by atoms with Crippen LogP contribution >= 0.6 is 11.8 Å². The summed E-state index contributed by atoms with van der Waals surface area (Å²) in [5.74, 6) is 0.963. The second-order valence-corrected chi connectivity index (χ2v) is 6.10. The Morgan fingerprint density at radius 2 is 2.26 bits per heavy atom. The van der Waals surface area contributed by atoms with E-state index in [1.807, 2.05) is 7.05 Å². The van der Waals surface area contributed by atoms with Crippen LogP contribution in [0, 0.1) is 5.82 Å². The second kappa shape index (κ2) is 5.78. The Morgan fingerprint density at radius 1 is 1.35 bits per heavy atom. The second-order valence-electron chi connectivity index (χ2n) is 5.14. The minimum Gasteiger partial charge on any atom is -0.467 e. The lowest BCUT2D eigenvalue weighted by Crippen LogP contribution is -2.13. The molecule has 0 spiro atoms. The molecule has 0 saturated heterocycles. The summed E-state index contributed by atoms with van der Waals surface area (Å²) in [4.78, 5) is 8.52. The molecule has 0 aliphatic carbocycles. The zero-order valence-corrected chi connectivity index (χ0v) is 13.1. The summed E-state index contributed by atoms with van der Waals surface area (Å²) in [6.07, 6.45) is 3.25. The van der Waals surface area contributed by atoms with Gasteiger partial charge in [-0.2, -0.15) is 5.10 Å². The zero-order valence-electron chi connectivity index (χ0n) is 12.3. The lowest BCUT2D eigenvalue weighted by atomic mass is 10.1. The van der Waals surface area contributed by atoms with Gasteiger partial charge in [-0.3, -0.25) is 4.68 Å². The van der Waals surface area contributed by atoms with Crippen molar-refractivity contribution in [2.75, 3.05) is 6.79 Å². The number of aromatic nitrogens is 4. The van der Waals surface area contributed by atoms with Crippen molar-refractivity contribution in [2.24, 2.45) is 7.05 Å². The van der Waals surface area contributed by atoms with Gasteiger partial charge in [0.2, 0.25) is 0 Å². The molecule has 1 aromatic carbocycles. The standard InChI is InChI=1S/C15H13FN4O2S/c1-20-14-12(4-19-20)15(18-7-17-14)23-6-10-3-11(16)2-9-5-21-8-22-13(9)10/h2-4,7H,5-6,8H2,1H3. The summed E-state index contributed by atoms with van der Waals surface area (Å²) >= 11 is 1.51. The van der Waals surface area contributed by atoms with E-state index in [-0.39, 0.29) is 12.6 Å². The molecule has 0 saturated carbocycles. The van der Waals surface area contributed by atoms with Crippen LogP contribution < -0.4 is 4.74 Å². The largest absolute Gasteiger partial charge is 0.467 e. The van der Waals surface area contributed by atoms with Crippen LogP contribution in [-0.2, 0) is 24.1 Å². The molecular weight excluding hydrogens is 319 g/mol. The number of ether oxygens (including phenoxy) is 2. The molecule has 3 aromatic rings. The smallest absolute Gasteiger partial charge is 0.189 e. The number of thioether (sulfide) groups is 1. The van der Waals surface area contributed by atoms with Crippen molar-refractivity contribution in [1.82, 2.24) is 19.7 Å². The Hall–Kier alpha value is -2.19. The number of aryl methyl sites for hydroxylation is 1. The van der Waals surface area contributed by atoms with E-state index >= 15 is 0 Å². The van der Waals surface area contributed by atoms with Gasteiger partial charge in [0.15, 0.2) is 12.4 Å². The molecule has 1 aliphatic heterocycles. The number of hydrogen-bond donors (Lipinski definition) is 0. The first-order chi connectivity index (χ1) is 11.2. The minimum absolute atomic E-state index is 0.191. The molecule has 8 heteroatoms. The van der Waals surface area contributed by atoms with Crippen molar-refractivity contribution >= 4 is 22.8 Å². The third kappa shape index (κ3) is 2.64. The molecule has 2 aromatic heterocycles. The van der Waals surface area contributed by atoms with Gasteiger partial charge in [0.1, 0.15) is 22.9 Å². The highest BCUT2D eigenvalue weighted by Crippen LogP contribution is 2.34. The van der Waals surface area contributed by atoms with Gasteiger partial charge in [0.05, 0.1) is 18.2 Å². The van der Waals surface area contributed by atoms with Crippen LogP contribution in [0.1, 0.15) is 11.1 Å². The Kier molecular flexibility index (Phi) is 3.62. The summed E-state index contributed by atoms with van der Waals surface area (Å²) < 4.78 is 26.2. The van der Waals surface area contributed by atoms with Crippen LogP contribution in [0.2, 0.25) is 0 Å². The van der Waals surface area contributed by atoms with Crippen LogP contribution in [0.4, 0.5) is 4.39 Å². The topological polar surface area (TPSA) is 62.1 Å². The van der Waals surface area contributed by atoms with Crippen molar-refractivity contribution in [3.8, 4) is 5.75 Å². The van der Waals surface area contributed by atoms with Gasteiger partial charge in [-0.25, -0.2) is 14.4 Å². The van der Waals surface area contributed by atoms with Crippen molar-refractivity contribution in [3.05, 3.63) is 41.6 Å². The van der Waals surface area contributed by atoms with Gasteiger partial charge in [-0.15, -0.1) is 11.8 Å². The average molecular weight is 332 g/mol. The number of halogens is 1. The predicted molar refractivity (Wildman–Crippen MR) is 82.5 cm³/mol. The number of rotatable bonds is 3. The molecule has 0 amide bonds. The summed E-state index contributed by atoms with van der Waals surface area (Å²) in [6, 6.07) is 2.95. The molecule has 0 radical (unpaired) electrons. The first-order valence-electron chi connectivity index (χ1n) is 7.00. The van der Waals surface area contributed by atoms with E-state index in [4.69, 9.17) is 9.47 Å². The van der Waals surface area contributed by atoms with Crippen LogP contribution in [0.15, 0.2) is 29.7 Å². The summed E-state index contributed by atoms with van der Waals surface area (Å²) in [7, 11) is 1.83. The fourth-order valence-electron chi connectivity index (χ4n) is 2.57. The van der Waals surface area contributed by atoms with Gasteiger partial charge in [0.25, 0.3) is 0 Å². The third-order valence-electron chi connectivity index (χ3n) is 3.61. The van der Waals surface area contributed by atoms with Gasteiger partial charge >= 0.3 is 0 Å². The SMILES string of the molecule is Cn1ncc2c(SCc3cc(F)cc4c3OCOC4)ncnc21. The van der Waals surface area contributed by atoms with E-state index in [0.717, 1.165) is 27.2 Å². The van der Waals surface area contributed by atoms with Gasteiger partial charge < -0.3 is 9.47 Å². The highest BCUT2D eigenvalue weighted by Gasteiger charge is 2.18. The Bertz CT molecular complexity index is 883. The van der Waals surface area contributed by atoms with Crippen LogP contribution in [0.25, 0.3) is 11.0 Å². The van der Waals surface area contributed by atoms with E-state index in [1.54, 1.807) is 10.9 Å². The van der Waals surface area contributed by atoms with Crippen molar-refractivity contribution in [1.29, 1.82) is 0 Å². The minimum atomic E-state index is -0.289. The monoisotopic (exact) mass is 332 g/mol. The average Bonchev–Trinajstić information content (AvgIpc) is 2.94. The van der Waals surface area contributed by atoms with E-state index in [1.165, 1.54) is 30.2 Å². The van der Waals surface area contributed by atoms with Crippen LogP contribution in [0.3, 0.4) is 0 Å². The lowest BCUT2D eigenvalue weighted by Gasteiger charge is -2.20. The highest BCUT2D eigenvalue weighted by molar-refractivity contribution is 7.98. The molecule has 0 fully saturated rings. The van der Waals surface area contributed by atoms with Gasteiger partial charge in [-0.1, -0.05) is 0 Å². The third-order valence-corrected chi connectivity index (χ3v) is 4.66. The molecule has 1 aliphatic rings. The lowest BCUT2D eigenvalue weighted by molar-refractivity contribution is -0.0171. The Morgan fingerprint density at radius 3 is 3.17 bits per heavy atom.